The van der Waals surface area contributed by atoms with Gasteiger partial charge in [-0.25, -0.2) is 24.9 Å². The van der Waals surface area contributed by atoms with E-state index in [1.807, 2.05) is 0 Å². The summed E-state index contributed by atoms with van der Waals surface area (Å²) in [6.45, 7) is 1.71. The van der Waals surface area contributed by atoms with E-state index in [2.05, 4.69) is 30.1 Å². The summed E-state index contributed by atoms with van der Waals surface area (Å²) in [6.07, 6.45) is 3.17. The average Bonchev–Trinajstić information content (AvgIpc) is 4.00. The molecule has 0 atom stereocenters. The van der Waals surface area contributed by atoms with E-state index in [-0.39, 0.29) is 35.8 Å². The molecule has 15 heteroatoms. The van der Waals surface area contributed by atoms with E-state index in [4.69, 9.17) is 14.1 Å². The van der Waals surface area contributed by atoms with Gasteiger partial charge in [-0.15, -0.1) is 10.2 Å². The fourth-order valence-electron chi connectivity index (χ4n) is 5.71. The molecule has 5 heterocycles. The fraction of sp³-hybridized carbons (Fsp3) is 0.312. The van der Waals surface area contributed by atoms with Crippen molar-refractivity contribution in [1.29, 1.82) is 0 Å². The van der Waals surface area contributed by atoms with E-state index >= 15 is 0 Å². The number of halogens is 3. The van der Waals surface area contributed by atoms with Gasteiger partial charge in [-0.1, -0.05) is 24.3 Å². The SMILES string of the molecule is COc1ncnc(C2CC2)c1-c1ncc2cc(-c3nnc(C)o3)c(=O)n(Cc3ccc(-c4nc(C(F)(F)F)cn4C4CC4)cc3)c2n1. The zero-order valence-electron chi connectivity index (χ0n) is 25.2. The van der Waals surface area contributed by atoms with Crippen LogP contribution in [0.4, 0.5) is 13.2 Å². The Hall–Kier alpha value is -5.47. The van der Waals surface area contributed by atoms with Gasteiger partial charge in [0.2, 0.25) is 11.8 Å². The highest BCUT2D eigenvalue weighted by Gasteiger charge is 2.37. The van der Waals surface area contributed by atoms with Crippen molar-refractivity contribution >= 4 is 11.0 Å². The Labute approximate surface area is 264 Å². The molecule has 2 fully saturated rings. The summed E-state index contributed by atoms with van der Waals surface area (Å²) in [5, 5.41) is 8.48. The van der Waals surface area contributed by atoms with Gasteiger partial charge in [0, 0.05) is 42.2 Å². The second-order valence-corrected chi connectivity index (χ2v) is 11.7. The van der Waals surface area contributed by atoms with E-state index in [0.29, 0.717) is 45.3 Å². The number of fused-ring (bicyclic) bond motifs is 1. The molecule has 2 aliphatic rings. The molecule has 2 saturated carbocycles. The Bertz CT molecular complexity index is 2220. The lowest BCUT2D eigenvalue weighted by Crippen LogP contribution is -2.24. The maximum absolute atomic E-state index is 14.1. The minimum atomic E-state index is -4.55. The van der Waals surface area contributed by atoms with Gasteiger partial charge >= 0.3 is 6.18 Å². The lowest BCUT2D eigenvalue weighted by molar-refractivity contribution is -0.140. The third kappa shape index (κ3) is 5.30. The number of aromatic nitrogens is 9. The molecule has 6 aromatic rings. The van der Waals surface area contributed by atoms with Gasteiger partial charge < -0.3 is 13.7 Å². The summed E-state index contributed by atoms with van der Waals surface area (Å²) in [4.78, 5) is 36.3. The monoisotopic (exact) mass is 641 g/mol. The number of pyridine rings is 1. The maximum atomic E-state index is 14.1. The van der Waals surface area contributed by atoms with E-state index in [1.54, 1.807) is 48.0 Å². The normalized spacial score (nSPS) is 15.0. The molecule has 0 bridgehead atoms. The highest BCUT2D eigenvalue weighted by Crippen LogP contribution is 2.45. The minimum Gasteiger partial charge on any atom is -0.480 e. The van der Waals surface area contributed by atoms with Crippen LogP contribution in [0.3, 0.4) is 0 Å². The smallest absolute Gasteiger partial charge is 0.434 e. The van der Waals surface area contributed by atoms with Crippen molar-refractivity contribution in [2.45, 2.75) is 57.3 Å². The molecule has 0 spiro atoms. The Morgan fingerprint density at radius 1 is 1.02 bits per heavy atom. The molecule has 5 aromatic heterocycles. The molecule has 0 N–H and O–H groups in total. The largest absolute Gasteiger partial charge is 0.480 e. The van der Waals surface area contributed by atoms with Crippen molar-refractivity contribution in [2.24, 2.45) is 0 Å². The predicted octanol–water partition coefficient (Wildman–Crippen LogP) is 5.76. The number of ether oxygens (including phenoxy) is 1. The van der Waals surface area contributed by atoms with Crippen LogP contribution in [0.1, 0.15) is 60.5 Å². The van der Waals surface area contributed by atoms with Crippen molar-refractivity contribution in [1.82, 2.24) is 44.3 Å². The standard InChI is InChI=1S/C32H26F3N9O3/c1-16-41-42-29(47-16)22-11-20-12-36-26(24-25(18-7-8-18)37-15-38-30(24)46-2)40-28(20)44(31(22)45)13-17-3-5-19(6-4-17)27-39-23(32(33,34)35)14-43(27)21-9-10-21/h3-6,11-12,14-15,18,21H,7-10,13H2,1-2H3. The quantitative estimate of drug-likeness (QED) is 0.202. The van der Waals surface area contributed by atoms with Crippen LogP contribution in [0.15, 0.2) is 58.3 Å². The first kappa shape index (κ1) is 29.0. The van der Waals surface area contributed by atoms with Gasteiger partial charge in [0.05, 0.1) is 19.3 Å². The van der Waals surface area contributed by atoms with Crippen LogP contribution in [0.25, 0.3) is 45.3 Å². The van der Waals surface area contributed by atoms with E-state index < -0.39 is 17.4 Å². The van der Waals surface area contributed by atoms with Crippen LogP contribution in [0, 0.1) is 6.92 Å². The summed E-state index contributed by atoms with van der Waals surface area (Å²) in [5.41, 5.74) is 1.78. The summed E-state index contributed by atoms with van der Waals surface area (Å²) >= 11 is 0. The first-order valence-corrected chi connectivity index (χ1v) is 15.0. The third-order valence-electron chi connectivity index (χ3n) is 8.32. The predicted molar refractivity (Wildman–Crippen MR) is 161 cm³/mol. The molecular weight excluding hydrogens is 615 g/mol. The summed E-state index contributed by atoms with van der Waals surface area (Å²) in [6, 6.07) is 8.56. The third-order valence-corrected chi connectivity index (χ3v) is 8.32. The molecule has 2 aliphatic carbocycles. The number of benzene rings is 1. The number of alkyl halides is 3. The Morgan fingerprint density at radius 3 is 2.47 bits per heavy atom. The van der Waals surface area contributed by atoms with Gasteiger partial charge in [-0.3, -0.25) is 9.36 Å². The van der Waals surface area contributed by atoms with Crippen LogP contribution in [0.2, 0.25) is 0 Å². The topological polar surface area (TPSA) is 140 Å². The number of nitrogens with zero attached hydrogens (tertiary/aromatic N) is 9. The van der Waals surface area contributed by atoms with E-state index in [0.717, 1.165) is 37.6 Å². The molecule has 0 aliphatic heterocycles. The Kier molecular flexibility index (Phi) is 6.66. The van der Waals surface area contributed by atoms with Crippen molar-refractivity contribution in [3.63, 3.8) is 0 Å². The van der Waals surface area contributed by atoms with Crippen LogP contribution < -0.4 is 10.3 Å². The number of rotatable bonds is 8. The highest BCUT2D eigenvalue weighted by molar-refractivity contribution is 5.81. The molecule has 8 rings (SSSR count). The van der Waals surface area contributed by atoms with Crippen LogP contribution in [0.5, 0.6) is 5.88 Å². The van der Waals surface area contributed by atoms with E-state index in [9.17, 15) is 18.0 Å². The number of aryl methyl sites for hydroxylation is 1. The summed E-state index contributed by atoms with van der Waals surface area (Å²) in [7, 11) is 1.52. The van der Waals surface area contributed by atoms with Crippen LogP contribution >= 0.6 is 0 Å². The Balaban J connectivity index is 1.24. The zero-order valence-corrected chi connectivity index (χ0v) is 25.2. The second-order valence-electron chi connectivity index (χ2n) is 11.7. The molecule has 0 amide bonds. The molecule has 0 saturated heterocycles. The van der Waals surface area contributed by atoms with Crippen molar-refractivity contribution in [3.05, 3.63) is 82.2 Å². The lowest BCUT2D eigenvalue weighted by Gasteiger charge is -2.14. The minimum absolute atomic E-state index is 0.00255. The number of hydrogen-bond donors (Lipinski definition) is 0. The van der Waals surface area contributed by atoms with Crippen LogP contribution in [-0.2, 0) is 12.7 Å². The van der Waals surface area contributed by atoms with Gasteiger partial charge in [0.1, 0.15) is 28.9 Å². The average molecular weight is 642 g/mol. The number of imidazole rings is 1. The first-order chi connectivity index (χ1) is 22.7. The summed E-state index contributed by atoms with van der Waals surface area (Å²) < 4.78 is 54.8. The molecule has 1 aromatic carbocycles. The Morgan fingerprint density at radius 2 is 1.81 bits per heavy atom. The molecule has 0 radical (unpaired) electrons. The number of methoxy groups -OCH3 is 1. The van der Waals surface area contributed by atoms with Gasteiger partial charge in [0.25, 0.3) is 11.4 Å². The molecule has 12 nitrogen and oxygen atoms in total. The van der Waals surface area contributed by atoms with Gasteiger partial charge in [0.15, 0.2) is 11.5 Å². The second kappa shape index (κ2) is 10.8. The van der Waals surface area contributed by atoms with Crippen LogP contribution in [-0.4, -0.2) is 51.4 Å². The molecule has 238 valence electrons. The van der Waals surface area contributed by atoms with Gasteiger partial charge in [-0.2, -0.15) is 13.2 Å². The van der Waals surface area contributed by atoms with Gasteiger partial charge in [-0.05, 0) is 37.3 Å². The fourth-order valence-corrected chi connectivity index (χ4v) is 5.71. The van der Waals surface area contributed by atoms with Crippen molar-refractivity contribution < 1.29 is 22.3 Å². The molecule has 0 unspecified atom stereocenters. The maximum Gasteiger partial charge on any atom is 0.434 e. The molecule has 47 heavy (non-hydrogen) atoms. The van der Waals surface area contributed by atoms with Crippen molar-refractivity contribution in [3.8, 4) is 40.1 Å². The highest BCUT2D eigenvalue weighted by atomic mass is 19.4. The summed E-state index contributed by atoms with van der Waals surface area (Å²) in [5.74, 6) is 1.51. The zero-order chi connectivity index (χ0) is 32.4. The lowest BCUT2D eigenvalue weighted by atomic mass is 10.1. The number of hydrogen-bond acceptors (Lipinski definition) is 10. The van der Waals surface area contributed by atoms with E-state index in [1.165, 1.54) is 18.0 Å². The molecular formula is C32H26F3N9O3. The van der Waals surface area contributed by atoms with Crippen molar-refractivity contribution in [2.75, 3.05) is 7.11 Å². The first-order valence-electron chi connectivity index (χ1n) is 15.0.